The van der Waals surface area contributed by atoms with Gasteiger partial charge in [-0.1, -0.05) is 20.3 Å². The maximum absolute atomic E-state index is 9.03. The molecule has 0 radical (unpaired) electrons. The zero-order valence-corrected chi connectivity index (χ0v) is 11.4. The van der Waals surface area contributed by atoms with Crippen LogP contribution >= 0.6 is 0 Å². The van der Waals surface area contributed by atoms with Crippen molar-refractivity contribution in [2.75, 3.05) is 26.2 Å². The minimum absolute atomic E-state index is 0.0418. The summed E-state index contributed by atoms with van der Waals surface area (Å²) in [6.07, 6.45) is 6.09. The highest BCUT2D eigenvalue weighted by atomic mass is 15.1. The Morgan fingerprint density at radius 3 is 2.88 bits per heavy atom. The molecule has 98 valence electrons. The van der Waals surface area contributed by atoms with Crippen LogP contribution in [-0.4, -0.2) is 37.1 Å². The van der Waals surface area contributed by atoms with Crippen molar-refractivity contribution in [2.45, 2.75) is 52.0 Å². The first kappa shape index (κ1) is 14.5. The van der Waals surface area contributed by atoms with Crippen molar-refractivity contribution in [3.63, 3.8) is 0 Å². The van der Waals surface area contributed by atoms with Crippen molar-refractivity contribution >= 4 is 0 Å². The van der Waals surface area contributed by atoms with Gasteiger partial charge in [0.25, 0.3) is 0 Å². The Morgan fingerprint density at radius 1 is 1.41 bits per heavy atom. The molecular weight excluding hydrogens is 210 g/mol. The van der Waals surface area contributed by atoms with Gasteiger partial charge >= 0.3 is 0 Å². The molecule has 1 aliphatic heterocycles. The van der Waals surface area contributed by atoms with Crippen LogP contribution in [0.25, 0.3) is 0 Å². The van der Waals surface area contributed by atoms with Crippen molar-refractivity contribution in [1.82, 2.24) is 10.2 Å². The molecule has 0 saturated carbocycles. The first-order valence-corrected chi connectivity index (χ1v) is 7.15. The van der Waals surface area contributed by atoms with Gasteiger partial charge in [-0.2, -0.15) is 5.26 Å². The number of nitrogens with one attached hydrogen (secondary N) is 1. The first-order valence-electron chi connectivity index (χ1n) is 7.15. The van der Waals surface area contributed by atoms with Crippen LogP contribution in [0, 0.1) is 17.2 Å². The molecule has 3 nitrogen and oxygen atoms in total. The summed E-state index contributed by atoms with van der Waals surface area (Å²) in [5, 5.41) is 12.3. The lowest BCUT2D eigenvalue weighted by Gasteiger charge is -2.18. The summed E-state index contributed by atoms with van der Waals surface area (Å²) in [7, 11) is 0. The van der Waals surface area contributed by atoms with E-state index in [-0.39, 0.29) is 6.04 Å². The second kappa shape index (κ2) is 8.49. The molecule has 1 aliphatic rings. The molecule has 0 aromatic carbocycles. The fourth-order valence-corrected chi connectivity index (χ4v) is 2.60. The van der Waals surface area contributed by atoms with E-state index in [0.717, 1.165) is 31.8 Å². The average molecular weight is 237 g/mol. The van der Waals surface area contributed by atoms with E-state index < -0.39 is 0 Å². The van der Waals surface area contributed by atoms with Crippen LogP contribution in [0.15, 0.2) is 0 Å². The van der Waals surface area contributed by atoms with Crippen LogP contribution in [0.3, 0.4) is 0 Å². The fourth-order valence-electron chi connectivity index (χ4n) is 2.60. The minimum atomic E-state index is 0.0418. The van der Waals surface area contributed by atoms with E-state index in [1.54, 1.807) is 0 Å². The van der Waals surface area contributed by atoms with Crippen LogP contribution in [0.4, 0.5) is 0 Å². The minimum Gasteiger partial charge on any atom is -0.303 e. The molecule has 1 fully saturated rings. The molecule has 0 bridgehead atoms. The summed E-state index contributed by atoms with van der Waals surface area (Å²) >= 11 is 0. The lowest BCUT2D eigenvalue weighted by molar-refractivity contribution is 0.305. The number of nitriles is 1. The molecule has 0 spiro atoms. The Hall–Kier alpha value is -0.590. The van der Waals surface area contributed by atoms with E-state index in [9.17, 15) is 0 Å². The first-order chi connectivity index (χ1) is 8.30. The van der Waals surface area contributed by atoms with Crippen molar-refractivity contribution < 1.29 is 0 Å². The zero-order valence-electron chi connectivity index (χ0n) is 11.4. The normalized spacial score (nSPS) is 22.5. The van der Waals surface area contributed by atoms with Gasteiger partial charge in [0.15, 0.2) is 0 Å². The van der Waals surface area contributed by atoms with Gasteiger partial charge in [0.2, 0.25) is 0 Å². The standard InChI is InChI=1S/C14H27N3/c1-3-5-13-6-9-17(12-13)10-7-14(11-15)16-8-4-2/h13-14,16H,3-10,12H2,1-2H3. The Balaban J connectivity index is 2.15. The molecule has 1 saturated heterocycles. The van der Waals surface area contributed by atoms with Gasteiger partial charge in [-0.3, -0.25) is 0 Å². The molecule has 2 atom stereocenters. The third-order valence-electron chi connectivity index (χ3n) is 3.60. The van der Waals surface area contributed by atoms with E-state index >= 15 is 0 Å². The van der Waals surface area contributed by atoms with Gasteiger partial charge in [-0.15, -0.1) is 0 Å². The van der Waals surface area contributed by atoms with Gasteiger partial charge in [0.1, 0.15) is 0 Å². The van der Waals surface area contributed by atoms with Crippen LogP contribution < -0.4 is 5.32 Å². The van der Waals surface area contributed by atoms with Gasteiger partial charge in [-0.05, 0) is 44.7 Å². The maximum atomic E-state index is 9.03. The van der Waals surface area contributed by atoms with E-state index in [4.69, 9.17) is 5.26 Å². The number of hydrogen-bond donors (Lipinski definition) is 1. The molecule has 0 aromatic heterocycles. The summed E-state index contributed by atoms with van der Waals surface area (Å²) in [5.41, 5.74) is 0. The lowest BCUT2D eigenvalue weighted by atomic mass is 10.0. The van der Waals surface area contributed by atoms with Gasteiger partial charge in [-0.25, -0.2) is 0 Å². The monoisotopic (exact) mass is 237 g/mol. The van der Waals surface area contributed by atoms with Crippen molar-refractivity contribution in [3.05, 3.63) is 0 Å². The summed E-state index contributed by atoms with van der Waals surface area (Å²) in [6.45, 7) is 8.92. The Labute approximate surface area is 106 Å². The molecule has 0 aromatic rings. The number of rotatable bonds is 8. The van der Waals surface area contributed by atoms with E-state index in [1.807, 2.05) is 0 Å². The predicted molar refractivity (Wildman–Crippen MR) is 71.8 cm³/mol. The van der Waals surface area contributed by atoms with Crippen molar-refractivity contribution in [3.8, 4) is 6.07 Å². The Morgan fingerprint density at radius 2 is 2.24 bits per heavy atom. The summed E-state index contributed by atoms with van der Waals surface area (Å²) < 4.78 is 0. The second-order valence-electron chi connectivity index (χ2n) is 5.17. The molecule has 1 rings (SSSR count). The molecule has 2 unspecified atom stereocenters. The van der Waals surface area contributed by atoms with Gasteiger partial charge in [0.05, 0.1) is 12.1 Å². The van der Waals surface area contributed by atoms with Crippen LogP contribution in [-0.2, 0) is 0 Å². The topological polar surface area (TPSA) is 39.1 Å². The predicted octanol–water partition coefficient (Wildman–Crippen LogP) is 2.39. The highest BCUT2D eigenvalue weighted by molar-refractivity contribution is 4.90. The van der Waals surface area contributed by atoms with Gasteiger partial charge < -0.3 is 10.2 Å². The quantitative estimate of drug-likeness (QED) is 0.704. The second-order valence-corrected chi connectivity index (χ2v) is 5.17. The van der Waals surface area contributed by atoms with E-state index in [0.29, 0.717) is 0 Å². The molecular formula is C14H27N3. The van der Waals surface area contributed by atoms with Crippen LogP contribution in [0.2, 0.25) is 0 Å². The third kappa shape index (κ3) is 5.52. The highest BCUT2D eigenvalue weighted by Gasteiger charge is 2.21. The molecule has 0 amide bonds. The summed E-state index contributed by atoms with van der Waals surface area (Å²) in [5.74, 6) is 0.907. The van der Waals surface area contributed by atoms with Crippen LogP contribution in [0.5, 0.6) is 0 Å². The Bertz CT molecular complexity index is 234. The van der Waals surface area contributed by atoms with Crippen molar-refractivity contribution in [1.29, 1.82) is 5.26 Å². The molecule has 3 heteroatoms. The number of likely N-dealkylation sites (tertiary alicyclic amines) is 1. The number of nitrogens with zero attached hydrogens (tertiary/aromatic N) is 2. The number of hydrogen-bond acceptors (Lipinski definition) is 3. The maximum Gasteiger partial charge on any atom is 0.0965 e. The third-order valence-corrected chi connectivity index (χ3v) is 3.60. The Kier molecular flexibility index (Phi) is 7.23. The molecule has 17 heavy (non-hydrogen) atoms. The van der Waals surface area contributed by atoms with E-state index in [2.05, 4.69) is 30.1 Å². The van der Waals surface area contributed by atoms with E-state index in [1.165, 1.54) is 32.4 Å². The fraction of sp³-hybridized carbons (Fsp3) is 0.929. The molecule has 1 heterocycles. The lowest BCUT2D eigenvalue weighted by Crippen LogP contribution is -2.33. The average Bonchev–Trinajstić information content (AvgIpc) is 2.78. The largest absolute Gasteiger partial charge is 0.303 e. The highest BCUT2D eigenvalue weighted by Crippen LogP contribution is 2.20. The summed E-state index contributed by atoms with van der Waals surface area (Å²) in [6, 6.07) is 2.40. The van der Waals surface area contributed by atoms with Gasteiger partial charge in [0, 0.05) is 13.1 Å². The SMILES string of the molecule is CCCNC(C#N)CCN1CCC(CCC)C1. The summed E-state index contributed by atoms with van der Waals surface area (Å²) in [4.78, 5) is 2.53. The molecule has 0 aliphatic carbocycles. The molecule has 1 N–H and O–H groups in total. The van der Waals surface area contributed by atoms with Crippen molar-refractivity contribution in [2.24, 2.45) is 5.92 Å². The smallest absolute Gasteiger partial charge is 0.0965 e. The zero-order chi connectivity index (χ0) is 12.5. The van der Waals surface area contributed by atoms with Crippen LogP contribution in [0.1, 0.15) is 46.0 Å².